The highest BCUT2D eigenvalue weighted by Crippen LogP contribution is 2.34. The van der Waals surface area contributed by atoms with E-state index in [1.165, 1.54) is 6.42 Å². The second-order valence-corrected chi connectivity index (χ2v) is 9.44. The molecule has 1 aromatic carbocycles. The quantitative estimate of drug-likeness (QED) is 0.896. The van der Waals surface area contributed by atoms with Crippen molar-refractivity contribution in [2.75, 3.05) is 5.32 Å². The molecule has 6 nitrogen and oxygen atoms in total. The fourth-order valence-corrected chi connectivity index (χ4v) is 5.32. The molecule has 1 amide bonds. The first-order valence-electron chi connectivity index (χ1n) is 9.12. The third kappa shape index (κ3) is 3.28. The molecule has 1 saturated carbocycles. The number of benzene rings is 1. The Balaban J connectivity index is 1.71. The standard InChI is InChI=1S/C19H23N3O3S/c1-13-7-9-15(10-8-13)22-18(16-11-26(24,25)12-17(16)21-22)20-19(23)14-5-3-2-4-6-14/h7-10,14H,2-6,11-12H2,1H3,(H,20,23). The number of sulfone groups is 1. The lowest BCUT2D eigenvalue weighted by molar-refractivity contribution is -0.120. The van der Waals surface area contributed by atoms with Crippen LogP contribution in [0.2, 0.25) is 0 Å². The van der Waals surface area contributed by atoms with E-state index >= 15 is 0 Å². The topological polar surface area (TPSA) is 81.1 Å². The molecule has 4 rings (SSSR count). The van der Waals surface area contributed by atoms with Crippen molar-refractivity contribution < 1.29 is 13.2 Å². The molecule has 2 aliphatic rings. The third-order valence-corrected chi connectivity index (χ3v) is 6.73. The molecule has 0 unspecified atom stereocenters. The Morgan fingerprint density at radius 1 is 1.12 bits per heavy atom. The van der Waals surface area contributed by atoms with Crippen molar-refractivity contribution in [3.63, 3.8) is 0 Å². The summed E-state index contributed by atoms with van der Waals surface area (Å²) in [5, 5.41) is 7.52. The molecule has 138 valence electrons. The average Bonchev–Trinajstić information content (AvgIpc) is 3.09. The van der Waals surface area contributed by atoms with Crippen LogP contribution in [0.5, 0.6) is 0 Å². The van der Waals surface area contributed by atoms with Gasteiger partial charge in [0, 0.05) is 11.5 Å². The normalized spacial score (nSPS) is 19.3. The summed E-state index contributed by atoms with van der Waals surface area (Å²) >= 11 is 0. The van der Waals surface area contributed by atoms with Crippen molar-refractivity contribution in [3.8, 4) is 5.69 Å². The van der Waals surface area contributed by atoms with E-state index in [1.54, 1.807) is 4.68 Å². The highest BCUT2D eigenvalue weighted by atomic mass is 32.2. The van der Waals surface area contributed by atoms with Crippen LogP contribution in [0.15, 0.2) is 24.3 Å². The van der Waals surface area contributed by atoms with Crippen LogP contribution >= 0.6 is 0 Å². The van der Waals surface area contributed by atoms with Crippen molar-refractivity contribution in [1.29, 1.82) is 0 Å². The van der Waals surface area contributed by atoms with Crippen LogP contribution < -0.4 is 5.32 Å². The van der Waals surface area contributed by atoms with Crippen LogP contribution in [0.25, 0.3) is 5.69 Å². The van der Waals surface area contributed by atoms with Crippen LogP contribution in [0.4, 0.5) is 5.82 Å². The van der Waals surface area contributed by atoms with Gasteiger partial charge in [-0.2, -0.15) is 5.10 Å². The summed E-state index contributed by atoms with van der Waals surface area (Å²) < 4.78 is 25.7. The highest BCUT2D eigenvalue weighted by Gasteiger charge is 2.34. The van der Waals surface area contributed by atoms with Crippen LogP contribution in [0.3, 0.4) is 0 Å². The maximum atomic E-state index is 12.8. The molecule has 0 radical (unpaired) electrons. The molecule has 2 heterocycles. The fourth-order valence-electron chi connectivity index (χ4n) is 3.83. The van der Waals surface area contributed by atoms with Gasteiger partial charge in [-0.05, 0) is 31.9 Å². The number of carbonyl (C=O) groups is 1. The Hall–Kier alpha value is -2.15. The maximum absolute atomic E-state index is 12.8. The van der Waals surface area contributed by atoms with E-state index in [2.05, 4.69) is 10.4 Å². The summed E-state index contributed by atoms with van der Waals surface area (Å²) in [5.41, 5.74) is 3.13. The summed E-state index contributed by atoms with van der Waals surface area (Å²) in [6, 6.07) is 7.82. The lowest BCUT2D eigenvalue weighted by atomic mass is 9.88. The Kier molecular flexibility index (Phi) is 4.34. The molecular formula is C19H23N3O3S. The number of rotatable bonds is 3. The highest BCUT2D eigenvalue weighted by molar-refractivity contribution is 7.90. The van der Waals surface area contributed by atoms with Gasteiger partial charge in [0.25, 0.3) is 0 Å². The monoisotopic (exact) mass is 373 g/mol. The zero-order valence-corrected chi connectivity index (χ0v) is 15.7. The summed E-state index contributed by atoms with van der Waals surface area (Å²) in [6.07, 6.45) is 5.11. The summed E-state index contributed by atoms with van der Waals surface area (Å²) in [6.45, 7) is 2.01. The van der Waals surface area contributed by atoms with E-state index in [-0.39, 0.29) is 23.3 Å². The molecular weight excluding hydrogens is 350 g/mol. The van der Waals surface area contributed by atoms with E-state index < -0.39 is 9.84 Å². The van der Waals surface area contributed by atoms with Gasteiger partial charge in [0.15, 0.2) is 9.84 Å². The second-order valence-electron chi connectivity index (χ2n) is 7.38. The minimum absolute atomic E-state index is 0.00113. The molecule has 1 N–H and O–H groups in total. The largest absolute Gasteiger partial charge is 0.310 e. The van der Waals surface area contributed by atoms with E-state index in [0.29, 0.717) is 17.1 Å². The zero-order valence-electron chi connectivity index (χ0n) is 14.9. The van der Waals surface area contributed by atoms with Gasteiger partial charge in [-0.1, -0.05) is 37.0 Å². The van der Waals surface area contributed by atoms with E-state index in [0.717, 1.165) is 36.9 Å². The molecule has 1 aliphatic carbocycles. The minimum Gasteiger partial charge on any atom is -0.310 e. The SMILES string of the molecule is Cc1ccc(-n2nc3c(c2NC(=O)C2CCCCC2)CS(=O)(=O)C3)cc1. The number of carbonyl (C=O) groups excluding carboxylic acids is 1. The van der Waals surface area contributed by atoms with Crippen molar-refractivity contribution in [1.82, 2.24) is 9.78 Å². The molecule has 1 aliphatic heterocycles. The number of amides is 1. The van der Waals surface area contributed by atoms with Gasteiger partial charge in [-0.3, -0.25) is 4.79 Å². The van der Waals surface area contributed by atoms with Gasteiger partial charge in [0.2, 0.25) is 5.91 Å². The first-order valence-corrected chi connectivity index (χ1v) is 10.9. The molecule has 2 aromatic rings. The Bertz CT molecular complexity index is 939. The Morgan fingerprint density at radius 2 is 1.81 bits per heavy atom. The molecule has 26 heavy (non-hydrogen) atoms. The van der Waals surface area contributed by atoms with Crippen LogP contribution in [0, 0.1) is 12.8 Å². The smallest absolute Gasteiger partial charge is 0.228 e. The third-order valence-electron chi connectivity index (χ3n) is 5.28. The van der Waals surface area contributed by atoms with Gasteiger partial charge in [-0.25, -0.2) is 13.1 Å². The number of fused-ring (bicyclic) bond motifs is 1. The van der Waals surface area contributed by atoms with Gasteiger partial charge in [0.1, 0.15) is 5.82 Å². The maximum Gasteiger partial charge on any atom is 0.228 e. The first kappa shape index (κ1) is 17.3. The first-order chi connectivity index (χ1) is 12.4. The summed E-state index contributed by atoms with van der Waals surface area (Å²) in [4.78, 5) is 12.8. The average molecular weight is 373 g/mol. The second kappa shape index (κ2) is 6.54. The summed E-state index contributed by atoms with van der Waals surface area (Å²) in [5.74, 6) is 0.367. The number of hydrogen-bond acceptors (Lipinski definition) is 4. The van der Waals surface area contributed by atoms with Crippen LogP contribution in [0.1, 0.15) is 48.9 Å². The number of hydrogen-bond donors (Lipinski definition) is 1. The van der Waals surface area contributed by atoms with Gasteiger partial charge < -0.3 is 5.32 Å². The number of aryl methyl sites for hydroxylation is 1. The molecule has 0 bridgehead atoms. The molecule has 0 saturated heterocycles. The van der Waals surface area contributed by atoms with E-state index in [1.807, 2.05) is 31.2 Å². The number of nitrogens with zero attached hydrogens (tertiary/aromatic N) is 2. The van der Waals surface area contributed by atoms with Crippen molar-refractivity contribution in [2.24, 2.45) is 5.92 Å². The van der Waals surface area contributed by atoms with E-state index in [4.69, 9.17) is 0 Å². The van der Waals surface area contributed by atoms with Crippen molar-refractivity contribution in [2.45, 2.75) is 50.5 Å². The minimum atomic E-state index is -3.18. The Morgan fingerprint density at radius 3 is 2.50 bits per heavy atom. The number of anilines is 1. The van der Waals surface area contributed by atoms with Crippen molar-refractivity contribution >= 4 is 21.6 Å². The van der Waals surface area contributed by atoms with Gasteiger partial charge in [0.05, 0.1) is 22.9 Å². The zero-order chi connectivity index (χ0) is 18.3. The van der Waals surface area contributed by atoms with E-state index in [9.17, 15) is 13.2 Å². The lowest BCUT2D eigenvalue weighted by Gasteiger charge is -2.21. The number of nitrogens with one attached hydrogen (secondary N) is 1. The molecule has 1 fully saturated rings. The molecule has 1 aromatic heterocycles. The molecule has 7 heteroatoms. The van der Waals surface area contributed by atoms with Crippen LogP contribution in [-0.2, 0) is 26.1 Å². The van der Waals surface area contributed by atoms with Crippen molar-refractivity contribution in [3.05, 3.63) is 41.1 Å². The van der Waals surface area contributed by atoms with Gasteiger partial charge >= 0.3 is 0 Å². The lowest BCUT2D eigenvalue weighted by Crippen LogP contribution is -2.26. The van der Waals surface area contributed by atoms with Crippen LogP contribution in [-0.4, -0.2) is 24.1 Å². The predicted molar refractivity (Wildman–Crippen MR) is 99.8 cm³/mol. The predicted octanol–water partition coefficient (Wildman–Crippen LogP) is 3.13. The molecule has 0 atom stereocenters. The summed E-state index contributed by atoms with van der Waals surface area (Å²) in [7, 11) is -3.18. The Labute approximate surface area is 153 Å². The number of aromatic nitrogens is 2. The molecule has 0 spiro atoms. The fraction of sp³-hybridized carbons (Fsp3) is 0.474. The van der Waals surface area contributed by atoms with Gasteiger partial charge in [-0.15, -0.1) is 0 Å².